The lowest BCUT2D eigenvalue weighted by atomic mass is 10.1. The molecule has 0 saturated carbocycles. The van der Waals surface area contributed by atoms with Crippen LogP contribution >= 0.6 is 0 Å². The maximum absolute atomic E-state index is 11.1. The van der Waals surface area contributed by atoms with Crippen LogP contribution in [0, 0.1) is 24.0 Å². The Balaban J connectivity index is 2.28. The van der Waals surface area contributed by atoms with Crippen LogP contribution in [0.2, 0.25) is 0 Å². The average Bonchev–Trinajstić information content (AvgIpc) is 2.75. The molecule has 100 valence electrons. The molecule has 0 spiro atoms. The topological polar surface area (TPSA) is 68.3 Å². The van der Waals surface area contributed by atoms with Gasteiger partial charge in [-0.15, -0.1) is 0 Å². The number of nitrogens with zero attached hydrogens (tertiary/aromatic N) is 1. The summed E-state index contributed by atoms with van der Waals surface area (Å²) in [5.41, 5.74) is 1.25. The first kappa shape index (κ1) is 13.1. The van der Waals surface area contributed by atoms with Gasteiger partial charge in [0.25, 0.3) is 5.69 Å². The molecular weight excluding hydrogens is 244 g/mol. The molecule has 0 saturated heterocycles. The highest BCUT2D eigenvalue weighted by atomic mass is 16.6. The number of nitrogens with one attached hydrogen (secondary N) is 1. The average molecular weight is 260 g/mol. The fraction of sp³-hybridized carbons (Fsp3) is 0.286. The zero-order chi connectivity index (χ0) is 14.0. The molecule has 1 aromatic heterocycles. The first-order chi connectivity index (χ1) is 8.99. The predicted octanol–water partition coefficient (Wildman–Crippen LogP) is 3.98. The number of para-hydroxylation sites is 1. The quantitative estimate of drug-likeness (QED) is 0.667. The van der Waals surface area contributed by atoms with Crippen molar-refractivity contribution in [3.8, 4) is 0 Å². The summed E-state index contributed by atoms with van der Waals surface area (Å²) in [6.45, 7) is 5.50. The minimum atomic E-state index is -0.363. The third-order valence-electron chi connectivity index (χ3n) is 2.98. The molecule has 0 radical (unpaired) electrons. The van der Waals surface area contributed by atoms with Crippen molar-refractivity contribution in [1.82, 2.24) is 0 Å². The molecule has 0 bridgehead atoms. The van der Waals surface area contributed by atoms with E-state index in [2.05, 4.69) is 5.32 Å². The number of furan rings is 1. The van der Waals surface area contributed by atoms with Gasteiger partial charge in [-0.1, -0.05) is 12.1 Å². The van der Waals surface area contributed by atoms with Crippen LogP contribution in [0.5, 0.6) is 0 Å². The Labute approximate surface area is 111 Å². The second kappa shape index (κ2) is 5.14. The van der Waals surface area contributed by atoms with Crippen LogP contribution in [0.15, 0.2) is 34.7 Å². The van der Waals surface area contributed by atoms with E-state index >= 15 is 0 Å². The van der Waals surface area contributed by atoms with Crippen LogP contribution in [0.3, 0.4) is 0 Å². The number of anilines is 1. The van der Waals surface area contributed by atoms with Crippen LogP contribution < -0.4 is 5.32 Å². The molecule has 1 heterocycles. The number of benzene rings is 1. The number of rotatable bonds is 4. The molecule has 1 atom stereocenters. The summed E-state index contributed by atoms with van der Waals surface area (Å²) in [4.78, 5) is 10.7. The summed E-state index contributed by atoms with van der Waals surface area (Å²) < 4.78 is 5.52. The van der Waals surface area contributed by atoms with Crippen molar-refractivity contribution in [1.29, 1.82) is 0 Å². The van der Waals surface area contributed by atoms with Gasteiger partial charge in [0.2, 0.25) is 0 Å². The summed E-state index contributed by atoms with van der Waals surface area (Å²) >= 11 is 0. The Morgan fingerprint density at radius 1 is 1.26 bits per heavy atom. The summed E-state index contributed by atoms with van der Waals surface area (Å²) in [5.74, 6) is 1.58. The zero-order valence-corrected chi connectivity index (χ0v) is 11.1. The van der Waals surface area contributed by atoms with Gasteiger partial charge < -0.3 is 9.73 Å². The van der Waals surface area contributed by atoms with Gasteiger partial charge in [0.1, 0.15) is 17.2 Å². The zero-order valence-electron chi connectivity index (χ0n) is 11.1. The smallest absolute Gasteiger partial charge is 0.295 e. The number of nitro groups is 1. The lowest BCUT2D eigenvalue weighted by Crippen LogP contribution is -2.08. The van der Waals surface area contributed by atoms with Crippen molar-refractivity contribution >= 4 is 11.4 Å². The Kier molecular flexibility index (Phi) is 3.55. The summed E-state index contributed by atoms with van der Waals surface area (Å²) in [5, 5.41) is 14.2. The van der Waals surface area contributed by atoms with Crippen LogP contribution in [0.25, 0.3) is 0 Å². The van der Waals surface area contributed by atoms with E-state index in [4.69, 9.17) is 4.42 Å². The molecular formula is C14H16N2O3. The van der Waals surface area contributed by atoms with E-state index in [0.29, 0.717) is 11.3 Å². The van der Waals surface area contributed by atoms with E-state index in [1.807, 2.05) is 26.0 Å². The van der Waals surface area contributed by atoms with Crippen molar-refractivity contribution in [3.05, 3.63) is 57.5 Å². The predicted molar refractivity (Wildman–Crippen MR) is 73.3 cm³/mol. The molecule has 19 heavy (non-hydrogen) atoms. The molecule has 0 aliphatic rings. The highest BCUT2D eigenvalue weighted by Crippen LogP contribution is 2.31. The minimum absolute atomic E-state index is 0.109. The summed E-state index contributed by atoms with van der Waals surface area (Å²) in [6, 6.07) is 8.84. The van der Waals surface area contributed by atoms with Crippen molar-refractivity contribution in [2.75, 3.05) is 5.32 Å². The van der Waals surface area contributed by atoms with Crippen molar-refractivity contribution in [3.63, 3.8) is 0 Å². The molecule has 2 rings (SSSR count). The Morgan fingerprint density at radius 2 is 2.00 bits per heavy atom. The summed E-state index contributed by atoms with van der Waals surface area (Å²) in [6.07, 6.45) is 0. The van der Waals surface area contributed by atoms with E-state index in [1.54, 1.807) is 25.1 Å². The first-order valence-electron chi connectivity index (χ1n) is 6.06. The maximum Gasteiger partial charge on any atom is 0.295 e. The fourth-order valence-corrected chi connectivity index (χ4v) is 2.01. The highest BCUT2D eigenvalue weighted by molar-refractivity contribution is 5.65. The van der Waals surface area contributed by atoms with Crippen LogP contribution in [-0.2, 0) is 0 Å². The number of nitro benzene ring substituents is 1. The lowest BCUT2D eigenvalue weighted by Gasteiger charge is -2.13. The van der Waals surface area contributed by atoms with Gasteiger partial charge in [-0.05, 0) is 39.0 Å². The number of hydrogen-bond donors (Lipinski definition) is 1. The third kappa shape index (κ3) is 2.76. The normalized spacial score (nSPS) is 12.2. The molecule has 0 aliphatic heterocycles. The molecule has 1 aromatic carbocycles. The SMILES string of the molecule is Cc1ccc(C(C)Nc2cccc(C)c2[N+](=O)[O-])o1. The molecule has 1 N–H and O–H groups in total. The highest BCUT2D eigenvalue weighted by Gasteiger charge is 2.19. The number of hydrogen-bond acceptors (Lipinski definition) is 4. The van der Waals surface area contributed by atoms with Crippen molar-refractivity contribution < 1.29 is 9.34 Å². The van der Waals surface area contributed by atoms with E-state index in [0.717, 1.165) is 11.5 Å². The third-order valence-corrected chi connectivity index (χ3v) is 2.98. The van der Waals surface area contributed by atoms with Gasteiger partial charge in [0.05, 0.1) is 11.0 Å². The lowest BCUT2D eigenvalue weighted by molar-refractivity contribution is -0.384. The van der Waals surface area contributed by atoms with Crippen LogP contribution in [0.1, 0.15) is 30.0 Å². The maximum atomic E-state index is 11.1. The molecule has 5 nitrogen and oxygen atoms in total. The molecule has 5 heteroatoms. The Bertz CT molecular complexity index is 604. The molecule has 1 unspecified atom stereocenters. The van der Waals surface area contributed by atoms with E-state index < -0.39 is 0 Å². The monoisotopic (exact) mass is 260 g/mol. The van der Waals surface area contributed by atoms with Gasteiger partial charge in [0, 0.05) is 5.56 Å². The standard InChI is InChI=1S/C14H16N2O3/c1-9-5-4-6-12(14(9)16(17)18)15-11(3)13-8-7-10(2)19-13/h4-8,11,15H,1-3H3. The first-order valence-corrected chi connectivity index (χ1v) is 6.06. The van der Waals surface area contributed by atoms with Gasteiger partial charge in [0.15, 0.2) is 0 Å². The van der Waals surface area contributed by atoms with Gasteiger partial charge >= 0.3 is 0 Å². The van der Waals surface area contributed by atoms with Crippen LogP contribution in [-0.4, -0.2) is 4.92 Å². The largest absolute Gasteiger partial charge is 0.464 e. The van der Waals surface area contributed by atoms with Crippen LogP contribution in [0.4, 0.5) is 11.4 Å². The van der Waals surface area contributed by atoms with E-state index in [-0.39, 0.29) is 16.7 Å². The summed E-state index contributed by atoms with van der Waals surface area (Å²) in [7, 11) is 0. The Hall–Kier alpha value is -2.30. The van der Waals surface area contributed by atoms with Gasteiger partial charge in [-0.3, -0.25) is 10.1 Å². The van der Waals surface area contributed by atoms with E-state index in [9.17, 15) is 10.1 Å². The molecule has 0 aliphatic carbocycles. The number of aryl methyl sites for hydroxylation is 2. The second-order valence-electron chi connectivity index (χ2n) is 4.54. The van der Waals surface area contributed by atoms with E-state index in [1.165, 1.54) is 0 Å². The molecule has 0 fully saturated rings. The fourth-order valence-electron chi connectivity index (χ4n) is 2.01. The molecule has 0 amide bonds. The van der Waals surface area contributed by atoms with Crippen molar-refractivity contribution in [2.24, 2.45) is 0 Å². The second-order valence-corrected chi connectivity index (χ2v) is 4.54. The minimum Gasteiger partial charge on any atom is -0.464 e. The van der Waals surface area contributed by atoms with Gasteiger partial charge in [-0.25, -0.2) is 0 Å². The Morgan fingerprint density at radius 3 is 2.58 bits per heavy atom. The van der Waals surface area contributed by atoms with Gasteiger partial charge in [-0.2, -0.15) is 0 Å². The molecule has 2 aromatic rings. The van der Waals surface area contributed by atoms with Crippen molar-refractivity contribution in [2.45, 2.75) is 26.8 Å².